The zero-order chi connectivity index (χ0) is 11.5. The number of aryl methyl sites for hydroxylation is 1. The van der Waals surface area contributed by atoms with Gasteiger partial charge in [-0.25, -0.2) is 4.39 Å². The fourth-order valence-corrected chi connectivity index (χ4v) is 1.67. The van der Waals surface area contributed by atoms with Crippen LogP contribution in [0.3, 0.4) is 0 Å². The molecule has 2 aromatic rings. The maximum Gasteiger partial charge on any atom is 0.123 e. The number of rotatable bonds is 3. The smallest absolute Gasteiger partial charge is 0.123 e. The summed E-state index contributed by atoms with van der Waals surface area (Å²) in [6.45, 7) is 2.89. The molecule has 1 aromatic heterocycles. The third-order valence-electron chi connectivity index (χ3n) is 2.49. The molecule has 0 atom stereocenters. The molecule has 0 bridgehead atoms. The highest BCUT2D eigenvalue weighted by molar-refractivity contribution is 5.28. The van der Waals surface area contributed by atoms with Gasteiger partial charge in [0.05, 0.1) is 12.2 Å². The van der Waals surface area contributed by atoms with Gasteiger partial charge < -0.3 is 5.73 Å². The van der Waals surface area contributed by atoms with E-state index in [-0.39, 0.29) is 5.82 Å². The number of nitrogens with two attached hydrogens (primary N) is 1. The van der Waals surface area contributed by atoms with E-state index in [1.165, 1.54) is 12.1 Å². The van der Waals surface area contributed by atoms with Crippen molar-refractivity contribution in [1.82, 2.24) is 9.78 Å². The molecule has 0 saturated heterocycles. The Labute approximate surface area is 93.7 Å². The second-order valence-electron chi connectivity index (χ2n) is 3.77. The minimum atomic E-state index is -0.240. The van der Waals surface area contributed by atoms with Crippen LogP contribution in [0.15, 0.2) is 30.5 Å². The van der Waals surface area contributed by atoms with E-state index in [2.05, 4.69) is 5.10 Å². The molecule has 0 spiro atoms. The number of aromatic nitrogens is 2. The third-order valence-corrected chi connectivity index (χ3v) is 2.49. The van der Waals surface area contributed by atoms with Gasteiger partial charge in [0.15, 0.2) is 0 Å². The van der Waals surface area contributed by atoms with Gasteiger partial charge in [0, 0.05) is 12.7 Å². The van der Waals surface area contributed by atoms with E-state index in [4.69, 9.17) is 5.73 Å². The molecule has 16 heavy (non-hydrogen) atoms. The summed E-state index contributed by atoms with van der Waals surface area (Å²) in [4.78, 5) is 0. The van der Waals surface area contributed by atoms with E-state index < -0.39 is 0 Å². The Morgan fingerprint density at radius 3 is 2.75 bits per heavy atom. The van der Waals surface area contributed by atoms with Gasteiger partial charge in [-0.1, -0.05) is 6.07 Å². The van der Waals surface area contributed by atoms with Gasteiger partial charge in [0.2, 0.25) is 0 Å². The fraction of sp³-hybridized carbons (Fsp3) is 0.250. The molecule has 2 N–H and O–H groups in total. The predicted molar refractivity (Wildman–Crippen MR) is 60.4 cm³/mol. The van der Waals surface area contributed by atoms with E-state index in [1.807, 2.05) is 19.2 Å². The van der Waals surface area contributed by atoms with Crippen molar-refractivity contribution >= 4 is 0 Å². The zero-order valence-corrected chi connectivity index (χ0v) is 9.15. The van der Waals surface area contributed by atoms with Crippen LogP contribution in [-0.4, -0.2) is 9.78 Å². The highest BCUT2D eigenvalue weighted by Gasteiger charge is 2.04. The molecule has 0 aliphatic heterocycles. The summed E-state index contributed by atoms with van der Waals surface area (Å²) < 4.78 is 14.9. The first-order chi connectivity index (χ1) is 7.69. The van der Waals surface area contributed by atoms with Gasteiger partial charge in [-0.05, 0) is 36.2 Å². The second kappa shape index (κ2) is 4.45. The lowest BCUT2D eigenvalue weighted by atomic mass is 10.1. The Morgan fingerprint density at radius 2 is 2.12 bits per heavy atom. The molecule has 84 valence electrons. The van der Waals surface area contributed by atoms with E-state index >= 15 is 0 Å². The van der Waals surface area contributed by atoms with Gasteiger partial charge in [-0.15, -0.1) is 0 Å². The lowest BCUT2D eigenvalue weighted by Crippen LogP contribution is -2.07. The third kappa shape index (κ3) is 2.28. The van der Waals surface area contributed by atoms with Gasteiger partial charge >= 0.3 is 0 Å². The number of hydrogen-bond acceptors (Lipinski definition) is 2. The first-order valence-corrected chi connectivity index (χ1v) is 5.16. The molecule has 0 aliphatic carbocycles. The molecule has 0 amide bonds. The van der Waals surface area contributed by atoms with Crippen LogP contribution in [0.5, 0.6) is 0 Å². The molecule has 0 saturated carbocycles. The lowest BCUT2D eigenvalue weighted by molar-refractivity contribution is 0.616. The van der Waals surface area contributed by atoms with Crippen molar-refractivity contribution in [3.63, 3.8) is 0 Å². The van der Waals surface area contributed by atoms with Crippen LogP contribution in [0.1, 0.15) is 16.8 Å². The maximum absolute atomic E-state index is 13.1. The number of nitrogens with zero attached hydrogens (tertiary/aromatic N) is 2. The summed E-state index contributed by atoms with van der Waals surface area (Å²) >= 11 is 0. The molecule has 1 aromatic carbocycles. The predicted octanol–water partition coefficient (Wildman–Crippen LogP) is 1.84. The van der Waals surface area contributed by atoms with Crippen LogP contribution in [-0.2, 0) is 13.1 Å². The van der Waals surface area contributed by atoms with Gasteiger partial charge in [-0.2, -0.15) is 5.10 Å². The van der Waals surface area contributed by atoms with Crippen molar-refractivity contribution < 1.29 is 4.39 Å². The average molecular weight is 219 g/mol. The first-order valence-electron chi connectivity index (χ1n) is 5.16. The van der Waals surface area contributed by atoms with Crippen molar-refractivity contribution in [1.29, 1.82) is 0 Å². The van der Waals surface area contributed by atoms with Crippen molar-refractivity contribution in [2.75, 3.05) is 0 Å². The standard InChI is InChI=1S/C12H14FN3/c1-9-4-5-16(15-9)8-11-6-12(13)3-2-10(11)7-14/h2-6H,7-8,14H2,1H3. The van der Waals surface area contributed by atoms with Crippen LogP contribution in [0, 0.1) is 12.7 Å². The SMILES string of the molecule is Cc1ccn(Cc2cc(F)ccc2CN)n1. The Bertz CT molecular complexity index is 491. The van der Waals surface area contributed by atoms with E-state index in [0.29, 0.717) is 13.1 Å². The number of hydrogen-bond donors (Lipinski definition) is 1. The van der Waals surface area contributed by atoms with Crippen LogP contribution in [0.4, 0.5) is 4.39 Å². The summed E-state index contributed by atoms with van der Waals surface area (Å²) in [6, 6.07) is 6.58. The van der Waals surface area contributed by atoms with Gasteiger partial charge in [0.25, 0.3) is 0 Å². The number of benzene rings is 1. The van der Waals surface area contributed by atoms with Crippen LogP contribution in [0.2, 0.25) is 0 Å². The molecule has 3 nitrogen and oxygen atoms in total. The van der Waals surface area contributed by atoms with Crippen molar-refractivity contribution in [3.8, 4) is 0 Å². The van der Waals surface area contributed by atoms with Crippen molar-refractivity contribution in [2.24, 2.45) is 5.73 Å². The minimum Gasteiger partial charge on any atom is -0.326 e. The minimum absolute atomic E-state index is 0.240. The quantitative estimate of drug-likeness (QED) is 0.856. The average Bonchev–Trinajstić information content (AvgIpc) is 2.64. The first kappa shape index (κ1) is 10.8. The molecule has 0 radical (unpaired) electrons. The Hall–Kier alpha value is -1.68. The zero-order valence-electron chi connectivity index (χ0n) is 9.15. The summed E-state index contributed by atoms with van der Waals surface area (Å²) in [7, 11) is 0. The summed E-state index contributed by atoms with van der Waals surface area (Å²) in [6.07, 6.45) is 1.88. The largest absolute Gasteiger partial charge is 0.326 e. The molecule has 0 aliphatic rings. The van der Waals surface area contributed by atoms with Crippen molar-refractivity contribution in [3.05, 3.63) is 53.1 Å². The second-order valence-corrected chi connectivity index (χ2v) is 3.77. The Kier molecular flexibility index (Phi) is 3.01. The highest BCUT2D eigenvalue weighted by Crippen LogP contribution is 2.12. The summed E-state index contributed by atoms with van der Waals surface area (Å²) in [5, 5.41) is 4.26. The maximum atomic E-state index is 13.1. The Morgan fingerprint density at radius 1 is 1.31 bits per heavy atom. The lowest BCUT2D eigenvalue weighted by Gasteiger charge is -2.08. The number of halogens is 1. The Balaban J connectivity index is 2.29. The van der Waals surface area contributed by atoms with E-state index in [9.17, 15) is 4.39 Å². The van der Waals surface area contributed by atoms with E-state index in [1.54, 1.807) is 10.7 Å². The van der Waals surface area contributed by atoms with Crippen LogP contribution in [0.25, 0.3) is 0 Å². The fourth-order valence-electron chi connectivity index (χ4n) is 1.67. The van der Waals surface area contributed by atoms with Gasteiger partial charge in [-0.3, -0.25) is 4.68 Å². The summed E-state index contributed by atoms with van der Waals surface area (Å²) in [5.41, 5.74) is 8.39. The monoisotopic (exact) mass is 219 g/mol. The molecule has 0 unspecified atom stereocenters. The van der Waals surface area contributed by atoms with Crippen molar-refractivity contribution in [2.45, 2.75) is 20.0 Å². The highest BCUT2D eigenvalue weighted by atomic mass is 19.1. The normalized spacial score (nSPS) is 10.7. The van der Waals surface area contributed by atoms with Crippen LogP contribution >= 0.6 is 0 Å². The summed E-state index contributed by atoms with van der Waals surface area (Å²) in [5.74, 6) is -0.240. The molecule has 0 fully saturated rings. The van der Waals surface area contributed by atoms with Gasteiger partial charge in [0.1, 0.15) is 5.82 Å². The van der Waals surface area contributed by atoms with E-state index in [0.717, 1.165) is 16.8 Å². The molecule has 2 rings (SSSR count). The molecule has 1 heterocycles. The molecular weight excluding hydrogens is 205 g/mol. The van der Waals surface area contributed by atoms with Crippen LogP contribution < -0.4 is 5.73 Å². The molecular formula is C12H14FN3. The molecule has 4 heteroatoms. The topological polar surface area (TPSA) is 43.8 Å².